The molecule has 2 rings (SSSR count). The number of rotatable bonds is 13. The SMILES string of the molecule is CCCOc1c(Br)cc(/C=N\NC(=O)[C@H](CC(C)C)NC(=O)COc2ccccc2C)cc1OC. The first-order chi connectivity index (χ1) is 16.7. The molecule has 8 nitrogen and oxygen atoms in total. The van der Waals surface area contributed by atoms with E-state index in [-0.39, 0.29) is 18.4 Å². The van der Waals surface area contributed by atoms with Crippen LogP contribution in [0.3, 0.4) is 0 Å². The van der Waals surface area contributed by atoms with Gasteiger partial charge >= 0.3 is 0 Å². The predicted molar refractivity (Wildman–Crippen MR) is 140 cm³/mol. The number of amides is 2. The molecule has 0 unspecified atom stereocenters. The predicted octanol–water partition coefficient (Wildman–Crippen LogP) is 4.61. The van der Waals surface area contributed by atoms with E-state index in [2.05, 4.69) is 31.8 Å². The lowest BCUT2D eigenvalue weighted by atomic mass is 10.0. The molecule has 0 fully saturated rings. The number of aryl methyl sites for hydroxylation is 1. The Morgan fingerprint density at radius 3 is 2.54 bits per heavy atom. The summed E-state index contributed by atoms with van der Waals surface area (Å²) in [5.74, 6) is 1.19. The lowest BCUT2D eigenvalue weighted by Crippen LogP contribution is -2.47. The molecule has 2 N–H and O–H groups in total. The van der Waals surface area contributed by atoms with E-state index in [0.717, 1.165) is 16.5 Å². The Bertz CT molecular complexity index is 1030. The second-order valence-electron chi connectivity index (χ2n) is 8.42. The monoisotopic (exact) mass is 547 g/mol. The van der Waals surface area contributed by atoms with Crippen LogP contribution in [-0.4, -0.2) is 44.4 Å². The Balaban J connectivity index is 2.00. The van der Waals surface area contributed by atoms with E-state index >= 15 is 0 Å². The number of hydrogen-bond acceptors (Lipinski definition) is 6. The molecule has 35 heavy (non-hydrogen) atoms. The zero-order chi connectivity index (χ0) is 25.8. The summed E-state index contributed by atoms with van der Waals surface area (Å²) in [4.78, 5) is 25.2. The molecule has 0 radical (unpaired) electrons. The molecule has 0 aliphatic carbocycles. The summed E-state index contributed by atoms with van der Waals surface area (Å²) in [6.45, 7) is 8.27. The van der Waals surface area contributed by atoms with Crippen LogP contribution in [0.4, 0.5) is 0 Å². The summed E-state index contributed by atoms with van der Waals surface area (Å²) >= 11 is 3.49. The Kier molecular flexibility index (Phi) is 11.6. The fourth-order valence-electron chi connectivity index (χ4n) is 3.21. The minimum absolute atomic E-state index is 0.184. The minimum Gasteiger partial charge on any atom is -0.493 e. The molecule has 0 aliphatic rings. The highest BCUT2D eigenvalue weighted by atomic mass is 79.9. The van der Waals surface area contributed by atoms with Crippen molar-refractivity contribution >= 4 is 34.0 Å². The Labute approximate surface area is 215 Å². The van der Waals surface area contributed by atoms with Gasteiger partial charge in [-0.25, -0.2) is 5.43 Å². The quantitative estimate of drug-likeness (QED) is 0.281. The van der Waals surface area contributed by atoms with Gasteiger partial charge in [-0.2, -0.15) is 5.10 Å². The number of carbonyl (C=O) groups is 2. The van der Waals surface area contributed by atoms with E-state index < -0.39 is 11.9 Å². The fraction of sp³-hybridized carbons (Fsp3) is 0.423. The molecule has 2 aromatic rings. The van der Waals surface area contributed by atoms with Gasteiger partial charge in [0.1, 0.15) is 11.8 Å². The Morgan fingerprint density at radius 1 is 1.14 bits per heavy atom. The van der Waals surface area contributed by atoms with Crippen LogP contribution in [0, 0.1) is 12.8 Å². The number of nitrogens with one attached hydrogen (secondary N) is 2. The molecule has 9 heteroatoms. The van der Waals surface area contributed by atoms with E-state index in [1.807, 2.05) is 52.0 Å². The molecule has 190 valence electrons. The highest BCUT2D eigenvalue weighted by molar-refractivity contribution is 9.10. The molecular weight excluding hydrogens is 514 g/mol. The molecule has 0 aliphatic heterocycles. The highest BCUT2D eigenvalue weighted by Crippen LogP contribution is 2.36. The number of nitrogens with zero attached hydrogens (tertiary/aromatic N) is 1. The number of carbonyl (C=O) groups excluding carboxylic acids is 2. The van der Waals surface area contributed by atoms with Gasteiger partial charge in [0.25, 0.3) is 11.8 Å². The van der Waals surface area contributed by atoms with Crippen molar-refractivity contribution < 1.29 is 23.8 Å². The summed E-state index contributed by atoms with van der Waals surface area (Å²) in [5.41, 5.74) is 4.15. The summed E-state index contributed by atoms with van der Waals surface area (Å²) < 4.78 is 17.5. The number of hydrazone groups is 1. The van der Waals surface area contributed by atoms with Crippen LogP contribution >= 0.6 is 15.9 Å². The van der Waals surface area contributed by atoms with E-state index in [9.17, 15) is 9.59 Å². The van der Waals surface area contributed by atoms with Crippen LogP contribution < -0.4 is 25.0 Å². The minimum atomic E-state index is -0.744. The first-order valence-corrected chi connectivity index (χ1v) is 12.3. The zero-order valence-electron chi connectivity index (χ0n) is 20.9. The van der Waals surface area contributed by atoms with Crippen molar-refractivity contribution in [2.24, 2.45) is 11.0 Å². The number of halogens is 1. The van der Waals surface area contributed by atoms with Gasteiger partial charge in [-0.1, -0.05) is 39.0 Å². The molecular formula is C26H34BrN3O5. The lowest BCUT2D eigenvalue weighted by molar-refractivity contribution is -0.130. The number of hydrogen-bond donors (Lipinski definition) is 2. The molecule has 0 aromatic heterocycles. The molecule has 0 saturated heterocycles. The average Bonchev–Trinajstić information content (AvgIpc) is 2.81. The van der Waals surface area contributed by atoms with Crippen LogP contribution in [0.2, 0.25) is 0 Å². The third-order valence-electron chi connectivity index (χ3n) is 4.90. The van der Waals surface area contributed by atoms with Crippen LogP contribution in [-0.2, 0) is 9.59 Å². The fourth-order valence-corrected chi connectivity index (χ4v) is 3.78. The van der Waals surface area contributed by atoms with E-state index in [0.29, 0.717) is 35.8 Å². The van der Waals surface area contributed by atoms with Crippen molar-refractivity contribution in [2.45, 2.75) is 46.6 Å². The largest absolute Gasteiger partial charge is 0.493 e. The molecule has 0 heterocycles. The summed E-state index contributed by atoms with van der Waals surface area (Å²) in [7, 11) is 1.56. The van der Waals surface area contributed by atoms with Gasteiger partial charge in [-0.15, -0.1) is 0 Å². The van der Waals surface area contributed by atoms with Gasteiger partial charge < -0.3 is 19.5 Å². The number of para-hydroxylation sites is 1. The van der Waals surface area contributed by atoms with Crippen molar-refractivity contribution in [3.05, 3.63) is 52.0 Å². The average molecular weight is 548 g/mol. The van der Waals surface area contributed by atoms with Crippen molar-refractivity contribution in [1.82, 2.24) is 10.7 Å². The first kappa shape index (κ1) is 28.2. The number of ether oxygens (including phenoxy) is 3. The summed E-state index contributed by atoms with van der Waals surface area (Å²) in [6.07, 6.45) is 2.83. The van der Waals surface area contributed by atoms with Gasteiger partial charge in [-0.3, -0.25) is 9.59 Å². The molecule has 2 aromatic carbocycles. The van der Waals surface area contributed by atoms with Gasteiger partial charge in [0.15, 0.2) is 18.1 Å². The van der Waals surface area contributed by atoms with Crippen LogP contribution in [0.25, 0.3) is 0 Å². The summed E-state index contributed by atoms with van der Waals surface area (Å²) in [6, 6.07) is 10.3. The van der Waals surface area contributed by atoms with Crippen molar-refractivity contribution in [1.29, 1.82) is 0 Å². The maximum Gasteiger partial charge on any atom is 0.262 e. The second kappa shape index (κ2) is 14.4. The van der Waals surface area contributed by atoms with Crippen LogP contribution in [0.15, 0.2) is 46.0 Å². The Hall–Kier alpha value is -3.07. The van der Waals surface area contributed by atoms with Gasteiger partial charge in [0.2, 0.25) is 0 Å². The zero-order valence-corrected chi connectivity index (χ0v) is 22.5. The van der Waals surface area contributed by atoms with Crippen molar-refractivity contribution in [3.8, 4) is 17.2 Å². The lowest BCUT2D eigenvalue weighted by Gasteiger charge is -2.19. The third kappa shape index (κ3) is 9.24. The maximum atomic E-state index is 12.8. The van der Waals surface area contributed by atoms with Gasteiger partial charge in [-0.05, 0) is 70.9 Å². The number of methoxy groups -OCH3 is 1. The topological polar surface area (TPSA) is 98.2 Å². The standard InChI is InChI=1S/C26H34BrN3O5/c1-6-11-34-25-20(27)13-19(14-23(25)33-5)15-28-30-26(32)21(12-17(2)3)29-24(31)16-35-22-10-8-7-9-18(22)4/h7-10,13-15,17,21H,6,11-12,16H2,1-5H3,(H,29,31)(H,30,32)/b28-15-/t21-/m0/s1. The van der Waals surface area contributed by atoms with Gasteiger partial charge in [0, 0.05) is 0 Å². The molecule has 0 saturated carbocycles. The molecule has 0 spiro atoms. The highest BCUT2D eigenvalue weighted by Gasteiger charge is 2.22. The van der Waals surface area contributed by atoms with Crippen LogP contribution in [0.5, 0.6) is 17.2 Å². The molecule has 1 atom stereocenters. The first-order valence-electron chi connectivity index (χ1n) is 11.6. The van der Waals surface area contributed by atoms with Crippen molar-refractivity contribution in [3.63, 3.8) is 0 Å². The second-order valence-corrected chi connectivity index (χ2v) is 9.27. The Morgan fingerprint density at radius 2 is 1.89 bits per heavy atom. The van der Waals surface area contributed by atoms with Crippen molar-refractivity contribution in [2.75, 3.05) is 20.3 Å². The van der Waals surface area contributed by atoms with E-state index in [1.54, 1.807) is 19.2 Å². The molecule has 2 amide bonds. The normalized spacial score (nSPS) is 11.9. The summed E-state index contributed by atoms with van der Waals surface area (Å²) in [5, 5.41) is 6.81. The number of benzene rings is 2. The maximum absolute atomic E-state index is 12.8. The van der Waals surface area contributed by atoms with Gasteiger partial charge in [0.05, 0.1) is 24.4 Å². The van der Waals surface area contributed by atoms with Crippen LogP contribution in [0.1, 0.15) is 44.7 Å². The smallest absolute Gasteiger partial charge is 0.262 e. The van der Waals surface area contributed by atoms with E-state index in [1.165, 1.54) is 6.21 Å². The molecule has 0 bridgehead atoms. The third-order valence-corrected chi connectivity index (χ3v) is 5.49. The van der Waals surface area contributed by atoms with E-state index in [4.69, 9.17) is 14.2 Å².